The molecule has 2 aromatic carbocycles. The van der Waals surface area contributed by atoms with Gasteiger partial charge in [0.15, 0.2) is 23.3 Å². The number of esters is 1. The highest BCUT2D eigenvalue weighted by Gasteiger charge is 2.35. The molecule has 3 rings (SSSR count). The van der Waals surface area contributed by atoms with Crippen LogP contribution in [-0.4, -0.2) is 47.8 Å². The van der Waals surface area contributed by atoms with E-state index >= 15 is 0 Å². The number of ether oxygens (including phenoxy) is 3. The van der Waals surface area contributed by atoms with Crippen LogP contribution in [0.3, 0.4) is 0 Å². The van der Waals surface area contributed by atoms with Crippen molar-refractivity contribution in [3.63, 3.8) is 0 Å². The fourth-order valence-electron chi connectivity index (χ4n) is 3.31. The number of amidine groups is 1. The molecule has 2 aromatic rings. The maximum absolute atomic E-state index is 13.2. The quantitative estimate of drug-likeness (QED) is 0.272. The summed E-state index contributed by atoms with van der Waals surface area (Å²) in [5, 5.41) is 0.638. The van der Waals surface area contributed by atoms with Gasteiger partial charge in [0.25, 0.3) is 5.91 Å². The molecule has 1 fully saturated rings. The number of rotatable bonds is 9. The molecule has 186 valence electrons. The first kappa shape index (κ1) is 26.8. The Bertz CT molecular complexity index is 1150. The number of nitrogens with zero attached hydrogens (tertiary/aromatic N) is 2. The molecule has 1 saturated heterocycles. The minimum Gasteiger partial charge on any atom is -0.490 e. The Morgan fingerprint density at radius 3 is 2.49 bits per heavy atom. The summed E-state index contributed by atoms with van der Waals surface area (Å²) in [6.45, 7) is 10.0. The molecule has 0 unspecified atom stereocenters. The maximum Gasteiger partial charge on any atom is 0.344 e. The van der Waals surface area contributed by atoms with Crippen molar-refractivity contribution in [1.82, 2.24) is 4.90 Å². The highest BCUT2D eigenvalue weighted by atomic mass is 79.9. The molecular weight excluding hydrogens is 532 g/mol. The molecule has 0 N–H and O–H groups in total. The number of carbonyl (C=O) groups excluding carboxylic acids is 2. The Labute approximate surface area is 218 Å². The van der Waals surface area contributed by atoms with Gasteiger partial charge in [-0.15, -0.1) is 0 Å². The van der Waals surface area contributed by atoms with Crippen LogP contribution in [0.25, 0.3) is 6.08 Å². The van der Waals surface area contributed by atoms with Gasteiger partial charge in [0.1, 0.15) is 0 Å². The van der Waals surface area contributed by atoms with Crippen LogP contribution in [0, 0.1) is 6.92 Å². The SMILES string of the molecule is CCOC(=O)COc1c(Br)cc(/C=C2/SC(=Nc3ccc(C)cc3)N(C(C)C)C2=O)cc1OCC. The first-order valence-corrected chi connectivity index (χ1v) is 13.0. The Balaban J connectivity index is 1.92. The summed E-state index contributed by atoms with van der Waals surface area (Å²) in [4.78, 5) is 31.9. The first-order valence-electron chi connectivity index (χ1n) is 11.4. The second-order valence-corrected chi connectivity index (χ2v) is 9.83. The molecule has 0 saturated carbocycles. The van der Waals surface area contributed by atoms with Crippen molar-refractivity contribution in [1.29, 1.82) is 0 Å². The van der Waals surface area contributed by atoms with E-state index < -0.39 is 5.97 Å². The molecule has 35 heavy (non-hydrogen) atoms. The fraction of sp³-hybridized carbons (Fsp3) is 0.346. The number of halogens is 1. The van der Waals surface area contributed by atoms with Gasteiger partial charge in [-0.05, 0) is 98.2 Å². The van der Waals surface area contributed by atoms with Crippen LogP contribution in [-0.2, 0) is 14.3 Å². The number of aliphatic imine (C=N–C) groups is 1. The van der Waals surface area contributed by atoms with E-state index in [0.717, 1.165) is 16.8 Å². The van der Waals surface area contributed by atoms with Crippen LogP contribution < -0.4 is 9.47 Å². The summed E-state index contributed by atoms with van der Waals surface area (Å²) < 4.78 is 16.9. The lowest BCUT2D eigenvalue weighted by Crippen LogP contribution is -2.35. The third-order valence-corrected chi connectivity index (χ3v) is 6.45. The van der Waals surface area contributed by atoms with Crippen LogP contribution in [0.15, 0.2) is 50.8 Å². The smallest absolute Gasteiger partial charge is 0.344 e. The van der Waals surface area contributed by atoms with Gasteiger partial charge in [0.05, 0.1) is 28.3 Å². The molecule has 9 heteroatoms. The van der Waals surface area contributed by atoms with Crippen LogP contribution in [0.4, 0.5) is 5.69 Å². The average Bonchev–Trinajstić information content (AvgIpc) is 3.09. The van der Waals surface area contributed by atoms with Crippen molar-refractivity contribution in [3.8, 4) is 11.5 Å². The van der Waals surface area contributed by atoms with Gasteiger partial charge in [-0.1, -0.05) is 17.7 Å². The van der Waals surface area contributed by atoms with E-state index in [0.29, 0.717) is 32.7 Å². The summed E-state index contributed by atoms with van der Waals surface area (Å²) in [6.07, 6.45) is 1.81. The molecule has 1 heterocycles. The zero-order valence-electron chi connectivity index (χ0n) is 20.5. The van der Waals surface area contributed by atoms with Crippen molar-refractivity contribution < 1.29 is 23.8 Å². The number of hydrogen-bond donors (Lipinski definition) is 0. The van der Waals surface area contributed by atoms with Gasteiger partial charge in [-0.25, -0.2) is 9.79 Å². The van der Waals surface area contributed by atoms with Gasteiger partial charge in [-0.2, -0.15) is 0 Å². The highest BCUT2D eigenvalue weighted by molar-refractivity contribution is 9.10. The van der Waals surface area contributed by atoms with Gasteiger partial charge in [0, 0.05) is 6.04 Å². The number of carbonyl (C=O) groups is 2. The van der Waals surface area contributed by atoms with Crippen LogP contribution in [0.1, 0.15) is 38.8 Å². The van der Waals surface area contributed by atoms with Crippen molar-refractivity contribution in [2.45, 2.75) is 40.7 Å². The van der Waals surface area contributed by atoms with E-state index in [1.807, 2.05) is 64.1 Å². The van der Waals surface area contributed by atoms with Crippen molar-refractivity contribution in [2.75, 3.05) is 19.8 Å². The van der Waals surface area contributed by atoms with Crippen molar-refractivity contribution in [2.24, 2.45) is 4.99 Å². The lowest BCUT2D eigenvalue weighted by Gasteiger charge is -2.19. The normalized spacial score (nSPS) is 15.9. The molecule has 0 aliphatic carbocycles. The first-order chi connectivity index (χ1) is 16.7. The summed E-state index contributed by atoms with van der Waals surface area (Å²) in [5.41, 5.74) is 2.69. The van der Waals surface area contributed by atoms with E-state index in [4.69, 9.17) is 19.2 Å². The Morgan fingerprint density at radius 1 is 1.14 bits per heavy atom. The van der Waals surface area contributed by atoms with E-state index in [1.165, 1.54) is 11.8 Å². The predicted molar refractivity (Wildman–Crippen MR) is 143 cm³/mol. The van der Waals surface area contributed by atoms with E-state index in [1.54, 1.807) is 17.9 Å². The maximum atomic E-state index is 13.2. The molecule has 7 nitrogen and oxygen atoms in total. The van der Waals surface area contributed by atoms with Gasteiger partial charge >= 0.3 is 5.97 Å². The standard InChI is InChI=1S/C26H29BrN2O5S/c1-6-32-21-13-18(12-20(27)24(21)34-15-23(30)33-7-2)14-22-25(31)29(16(3)4)26(35-22)28-19-10-8-17(5)9-11-19/h8-14,16H,6-7,15H2,1-5H3/b22-14+,28-26?. The molecular formula is C26H29BrN2O5S. The summed E-state index contributed by atoms with van der Waals surface area (Å²) >= 11 is 4.84. The highest BCUT2D eigenvalue weighted by Crippen LogP contribution is 2.40. The minimum absolute atomic E-state index is 0.0468. The molecule has 0 aromatic heterocycles. The number of amides is 1. The average molecular weight is 561 g/mol. The predicted octanol–water partition coefficient (Wildman–Crippen LogP) is 6.11. The Hall–Kier alpha value is -2.78. The second kappa shape index (κ2) is 12.3. The zero-order valence-corrected chi connectivity index (χ0v) is 22.9. The second-order valence-electron chi connectivity index (χ2n) is 7.97. The lowest BCUT2D eigenvalue weighted by atomic mass is 10.1. The third-order valence-electron chi connectivity index (χ3n) is 4.88. The minimum atomic E-state index is -0.463. The molecule has 1 aliphatic rings. The summed E-state index contributed by atoms with van der Waals surface area (Å²) in [7, 11) is 0. The number of thioether (sulfide) groups is 1. The van der Waals surface area contributed by atoms with Crippen LogP contribution >= 0.6 is 27.7 Å². The topological polar surface area (TPSA) is 77.4 Å². The Morgan fingerprint density at radius 2 is 1.86 bits per heavy atom. The molecule has 1 amide bonds. The lowest BCUT2D eigenvalue weighted by molar-refractivity contribution is -0.145. The number of benzene rings is 2. The molecule has 1 aliphatic heterocycles. The van der Waals surface area contributed by atoms with Crippen molar-refractivity contribution >= 4 is 56.5 Å². The molecule has 0 spiro atoms. The van der Waals surface area contributed by atoms with Gasteiger partial charge < -0.3 is 14.2 Å². The van der Waals surface area contributed by atoms with E-state index in [9.17, 15) is 9.59 Å². The van der Waals surface area contributed by atoms with E-state index in [2.05, 4.69) is 15.9 Å². The number of hydrogen-bond acceptors (Lipinski definition) is 7. The third kappa shape index (κ3) is 6.89. The summed E-state index contributed by atoms with van der Waals surface area (Å²) in [6, 6.07) is 11.4. The molecule has 0 bridgehead atoms. The van der Waals surface area contributed by atoms with E-state index in [-0.39, 0.29) is 25.2 Å². The number of aryl methyl sites for hydroxylation is 1. The van der Waals surface area contributed by atoms with Gasteiger partial charge in [0.2, 0.25) is 0 Å². The van der Waals surface area contributed by atoms with Gasteiger partial charge in [-0.3, -0.25) is 9.69 Å². The molecule has 0 atom stereocenters. The van der Waals surface area contributed by atoms with Crippen molar-refractivity contribution in [3.05, 3.63) is 56.9 Å². The monoisotopic (exact) mass is 560 g/mol. The fourth-order valence-corrected chi connectivity index (χ4v) is 5.00. The summed E-state index contributed by atoms with van der Waals surface area (Å²) in [5.74, 6) is 0.295. The molecule has 0 radical (unpaired) electrons. The largest absolute Gasteiger partial charge is 0.490 e. The van der Waals surface area contributed by atoms with Crippen LogP contribution in [0.2, 0.25) is 0 Å². The Kier molecular flexibility index (Phi) is 9.40. The zero-order chi connectivity index (χ0) is 25.5. The van der Waals surface area contributed by atoms with Crippen LogP contribution in [0.5, 0.6) is 11.5 Å².